The van der Waals surface area contributed by atoms with Crippen LogP contribution >= 0.6 is 0 Å². The summed E-state index contributed by atoms with van der Waals surface area (Å²) in [5.41, 5.74) is 2.52. The fourth-order valence-electron chi connectivity index (χ4n) is 2.97. The van der Waals surface area contributed by atoms with Crippen LogP contribution in [-0.4, -0.2) is 30.6 Å². The van der Waals surface area contributed by atoms with E-state index in [2.05, 4.69) is 4.90 Å². The van der Waals surface area contributed by atoms with Gasteiger partial charge in [0.1, 0.15) is 11.4 Å². The first-order chi connectivity index (χ1) is 10.2. The van der Waals surface area contributed by atoms with Crippen molar-refractivity contribution in [1.82, 2.24) is 4.98 Å². The maximum absolute atomic E-state index is 12.4. The average Bonchev–Trinajstić information content (AvgIpc) is 3.01. The number of benzene rings is 1. The van der Waals surface area contributed by atoms with Crippen molar-refractivity contribution in [2.24, 2.45) is 0 Å². The van der Waals surface area contributed by atoms with Gasteiger partial charge >= 0.3 is 5.97 Å². The van der Waals surface area contributed by atoms with Crippen molar-refractivity contribution in [3.63, 3.8) is 0 Å². The van der Waals surface area contributed by atoms with Gasteiger partial charge in [-0.15, -0.1) is 0 Å². The van der Waals surface area contributed by atoms with Gasteiger partial charge < -0.3 is 9.64 Å². The van der Waals surface area contributed by atoms with Gasteiger partial charge in [0.25, 0.3) is 0 Å². The van der Waals surface area contributed by atoms with Gasteiger partial charge in [0.2, 0.25) is 0 Å². The SMILES string of the molecule is CCOC(=O)c1c(N2CCCC2)nc2ccccc2c1C. The molecule has 4 heteroatoms. The fourth-order valence-corrected chi connectivity index (χ4v) is 2.97. The predicted octanol–water partition coefficient (Wildman–Crippen LogP) is 3.32. The first-order valence-electron chi connectivity index (χ1n) is 7.53. The Bertz CT molecular complexity index is 676. The third kappa shape index (κ3) is 2.46. The summed E-state index contributed by atoms with van der Waals surface area (Å²) >= 11 is 0. The number of para-hydroxylation sites is 1. The molecule has 4 nitrogen and oxygen atoms in total. The Hall–Kier alpha value is -2.10. The van der Waals surface area contributed by atoms with Gasteiger partial charge in [-0.2, -0.15) is 0 Å². The number of aromatic nitrogens is 1. The minimum atomic E-state index is -0.268. The molecule has 1 aliphatic heterocycles. The molecule has 1 aromatic carbocycles. The molecule has 0 spiro atoms. The summed E-state index contributed by atoms with van der Waals surface area (Å²) in [6, 6.07) is 7.96. The summed E-state index contributed by atoms with van der Waals surface area (Å²) in [5.74, 6) is 0.511. The Balaban J connectivity index is 2.21. The molecule has 110 valence electrons. The number of ether oxygens (including phenoxy) is 1. The van der Waals surface area contributed by atoms with Crippen LogP contribution in [0, 0.1) is 6.92 Å². The minimum absolute atomic E-state index is 0.268. The molecule has 0 amide bonds. The van der Waals surface area contributed by atoms with Crippen molar-refractivity contribution >= 4 is 22.7 Å². The third-order valence-corrected chi connectivity index (χ3v) is 4.02. The van der Waals surface area contributed by atoms with E-state index in [-0.39, 0.29) is 5.97 Å². The first-order valence-corrected chi connectivity index (χ1v) is 7.53. The number of carbonyl (C=O) groups excluding carboxylic acids is 1. The van der Waals surface area contributed by atoms with Crippen LogP contribution in [0.15, 0.2) is 24.3 Å². The van der Waals surface area contributed by atoms with Crippen molar-refractivity contribution in [2.75, 3.05) is 24.6 Å². The molecule has 1 saturated heterocycles. The first kappa shape index (κ1) is 13.9. The highest BCUT2D eigenvalue weighted by Gasteiger charge is 2.25. The van der Waals surface area contributed by atoms with Crippen molar-refractivity contribution < 1.29 is 9.53 Å². The summed E-state index contributed by atoms with van der Waals surface area (Å²) in [6.45, 7) is 6.10. The van der Waals surface area contributed by atoms with Gasteiger partial charge in [0, 0.05) is 18.5 Å². The second-order valence-electron chi connectivity index (χ2n) is 5.37. The van der Waals surface area contributed by atoms with Crippen LogP contribution in [0.2, 0.25) is 0 Å². The van der Waals surface area contributed by atoms with Crippen LogP contribution in [-0.2, 0) is 4.74 Å². The third-order valence-electron chi connectivity index (χ3n) is 4.02. The zero-order valence-corrected chi connectivity index (χ0v) is 12.6. The van der Waals surface area contributed by atoms with Crippen LogP contribution in [0.5, 0.6) is 0 Å². The fraction of sp³-hybridized carbons (Fsp3) is 0.412. The van der Waals surface area contributed by atoms with E-state index in [1.807, 2.05) is 38.1 Å². The molecular formula is C17H20N2O2. The summed E-state index contributed by atoms with van der Waals surface area (Å²) in [4.78, 5) is 19.3. The van der Waals surface area contributed by atoms with Gasteiger partial charge in [-0.1, -0.05) is 18.2 Å². The summed E-state index contributed by atoms with van der Waals surface area (Å²) in [5, 5.41) is 1.02. The van der Waals surface area contributed by atoms with Gasteiger partial charge in [-0.3, -0.25) is 0 Å². The van der Waals surface area contributed by atoms with Crippen LogP contribution in [0.25, 0.3) is 10.9 Å². The second kappa shape index (κ2) is 5.72. The quantitative estimate of drug-likeness (QED) is 0.811. The summed E-state index contributed by atoms with van der Waals surface area (Å²) in [6.07, 6.45) is 2.30. The Kier molecular flexibility index (Phi) is 3.78. The lowest BCUT2D eigenvalue weighted by Crippen LogP contribution is -2.23. The number of esters is 1. The molecule has 0 N–H and O–H groups in total. The lowest BCUT2D eigenvalue weighted by atomic mass is 10.0. The number of hydrogen-bond donors (Lipinski definition) is 0. The Labute approximate surface area is 124 Å². The molecule has 0 radical (unpaired) electrons. The molecule has 1 aromatic heterocycles. The van der Waals surface area contributed by atoms with Gasteiger partial charge in [-0.05, 0) is 38.3 Å². The number of fused-ring (bicyclic) bond motifs is 1. The van der Waals surface area contributed by atoms with E-state index in [1.165, 1.54) is 0 Å². The second-order valence-corrected chi connectivity index (χ2v) is 5.37. The molecule has 2 aromatic rings. The molecule has 0 unspecified atom stereocenters. The van der Waals surface area contributed by atoms with Gasteiger partial charge in [0.05, 0.1) is 12.1 Å². The number of rotatable bonds is 3. The van der Waals surface area contributed by atoms with E-state index < -0.39 is 0 Å². The molecule has 21 heavy (non-hydrogen) atoms. The van der Waals surface area contributed by atoms with E-state index in [0.29, 0.717) is 12.2 Å². The monoisotopic (exact) mass is 284 g/mol. The van der Waals surface area contributed by atoms with E-state index in [4.69, 9.17) is 9.72 Å². The predicted molar refractivity (Wildman–Crippen MR) is 83.9 cm³/mol. The minimum Gasteiger partial charge on any atom is -0.462 e. The Morgan fingerprint density at radius 1 is 1.29 bits per heavy atom. The number of hydrogen-bond acceptors (Lipinski definition) is 4. The molecule has 1 aliphatic rings. The highest BCUT2D eigenvalue weighted by molar-refractivity contribution is 6.02. The molecule has 1 fully saturated rings. The van der Waals surface area contributed by atoms with Crippen molar-refractivity contribution in [3.05, 3.63) is 35.4 Å². The molecular weight excluding hydrogens is 264 g/mol. The van der Waals surface area contributed by atoms with E-state index in [0.717, 1.165) is 48.2 Å². The van der Waals surface area contributed by atoms with E-state index in [1.54, 1.807) is 0 Å². The number of aryl methyl sites for hydroxylation is 1. The van der Waals surface area contributed by atoms with Gasteiger partial charge in [0.15, 0.2) is 0 Å². The molecule has 0 aliphatic carbocycles. The Morgan fingerprint density at radius 2 is 2.00 bits per heavy atom. The normalized spacial score (nSPS) is 14.7. The standard InChI is InChI=1S/C17H20N2O2/c1-3-21-17(20)15-12(2)13-8-4-5-9-14(13)18-16(15)19-10-6-7-11-19/h4-5,8-9H,3,6-7,10-11H2,1-2H3. The molecule has 0 bridgehead atoms. The molecule has 3 rings (SSSR count). The largest absolute Gasteiger partial charge is 0.462 e. The molecule has 0 saturated carbocycles. The summed E-state index contributed by atoms with van der Waals surface area (Å²) in [7, 11) is 0. The number of carbonyl (C=O) groups is 1. The topological polar surface area (TPSA) is 42.4 Å². The zero-order valence-electron chi connectivity index (χ0n) is 12.6. The van der Waals surface area contributed by atoms with Crippen LogP contribution < -0.4 is 4.90 Å². The molecule has 2 heterocycles. The Morgan fingerprint density at radius 3 is 2.71 bits per heavy atom. The lowest BCUT2D eigenvalue weighted by Gasteiger charge is -2.21. The van der Waals surface area contributed by atoms with Crippen LogP contribution in [0.4, 0.5) is 5.82 Å². The average molecular weight is 284 g/mol. The number of nitrogens with zero attached hydrogens (tertiary/aromatic N) is 2. The van der Waals surface area contributed by atoms with Crippen molar-refractivity contribution in [1.29, 1.82) is 0 Å². The van der Waals surface area contributed by atoms with Crippen LogP contribution in [0.3, 0.4) is 0 Å². The highest BCUT2D eigenvalue weighted by Crippen LogP contribution is 2.30. The maximum atomic E-state index is 12.4. The summed E-state index contributed by atoms with van der Waals surface area (Å²) < 4.78 is 5.25. The van der Waals surface area contributed by atoms with Crippen LogP contribution in [0.1, 0.15) is 35.7 Å². The smallest absolute Gasteiger partial charge is 0.342 e. The number of pyridine rings is 1. The van der Waals surface area contributed by atoms with E-state index >= 15 is 0 Å². The maximum Gasteiger partial charge on any atom is 0.342 e. The van der Waals surface area contributed by atoms with Crippen molar-refractivity contribution in [3.8, 4) is 0 Å². The molecule has 0 atom stereocenters. The zero-order chi connectivity index (χ0) is 14.8. The lowest BCUT2D eigenvalue weighted by molar-refractivity contribution is 0.0526. The van der Waals surface area contributed by atoms with Gasteiger partial charge in [-0.25, -0.2) is 9.78 Å². The number of anilines is 1. The van der Waals surface area contributed by atoms with E-state index in [9.17, 15) is 4.79 Å². The van der Waals surface area contributed by atoms with Crippen molar-refractivity contribution in [2.45, 2.75) is 26.7 Å². The highest BCUT2D eigenvalue weighted by atomic mass is 16.5.